The van der Waals surface area contributed by atoms with Gasteiger partial charge in [0.05, 0.1) is 13.0 Å². The number of carbonyl (C=O) groups is 1. The van der Waals surface area contributed by atoms with Crippen molar-refractivity contribution in [2.24, 2.45) is 0 Å². The quantitative estimate of drug-likeness (QED) is 0.437. The minimum absolute atomic E-state index is 0.253. The molecule has 1 fully saturated rings. The summed E-state index contributed by atoms with van der Waals surface area (Å²) in [6.07, 6.45) is 3.22. The molecule has 0 bridgehead atoms. The molecule has 0 atom stereocenters. The summed E-state index contributed by atoms with van der Waals surface area (Å²) in [4.78, 5) is 11.5. The number of ether oxygens (including phenoxy) is 2. The first kappa shape index (κ1) is 17.3. The highest BCUT2D eigenvalue weighted by Crippen LogP contribution is 2.32. The van der Waals surface area contributed by atoms with Crippen molar-refractivity contribution in [1.29, 1.82) is 0 Å². The van der Waals surface area contributed by atoms with Gasteiger partial charge in [-0.2, -0.15) is 17.2 Å². The van der Waals surface area contributed by atoms with Crippen molar-refractivity contribution in [1.82, 2.24) is 0 Å². The van der Waals surface area contributed by atoms with Crippen LogP contribution in [0.1, 0.15) is 39.0 Å². The van der Waals surface area contributed by atoms with E-state index in [2.05, 4.69) is 4.74 Å². The van der Waals surface area contributed by atoms with Crippen molar-refractivity contribution >= 4 is 16.1 Å². The number of hydrogen-bond donors (Lipinski definition) is 1. The lowest BCUT2D eigenvalue weighted by molar-refractivity contribution is -0.159. The van der Waals surface area contributed by atoms with Crippen molar-refractivity contribution < 1.29 is 36.0 Å². The number of alkyl halides is 2. The normalized spacial score (nSPS) is 19.0. The second-order valence-corrected chi connectivity index (χ2v) is 6.59. The second-order valence-electron chi connectivity index (χ2n) is 5.05. The predicted molar refractivity (Wildman–Crippen MR) is 64.9 cm³/mol. The van der Waals surface area contributed by atoms with Crippen molar-refractivity contribution in [3.8, 4) is 0 Å². The Morgan fingerprint density at radius 2 is 1.90 bits per heavy atom. The van der Waals surface area contributed by atoms with E-state index in [1.165, 1.54) is 0 Å². The van der Waals surface area contributed by atoms with Gasteiger partial charge >= 0.3 is 21.3 Å². The van der Waals surface area contributed by atoms with Gasteiger partial charge in [-0.15, -0.1) is 0 Å². The van der Waals surface area contributed by atoms with Crippen LogP contribution in [0, 0.1) is 0 Å². The largest absolute Gasteiger partial charge is 0.459 e. The van der Waals surface area contributed by atoms with Crippen LogP contribution in [0.5, 0.6) is 0 Å². The molecule has 1 rings (SSSR count). The summed E-state index contributed by atoms with van der Waals surface area (Å²) in [6, 6.07) is 0. The van der Waals surface area contributed by atoms with Crippen molar-refractivity contribution in [3.05, 3.63) is 0 Å². The van der Waals surface area contributed by atoms with E-state index in [1.54, 1.807) is 0 Å². The number of carbonyl (C=O) groups excluding carboxylic acids is 1. The van der Waals surface area contributed by atoms with Gasteiger partial charge in [-0.3, -0.25) is 9.35 Å². The number of hydrogen-bond acceptors (Lipinski definition) is 5. The molecule has 0 unspecified atom stereocenters. The topological polar surface area (TPSA) is 89.9 Å². The third kappa shape index (κ3) is 4.95. The van der Waals surface area contributed by atoms with Crippen LogP contribution >= 0.6 is 0 Å². The lowest BCUT2D eigenvalue weighted by Crippen LogP contribution is -2.34. The standard InChI is InChI=1S/C11H18F2O6S/c1-10(5-2-3-6-10)19-9(14)4-7-18-8-11(12,13)20(15,16)17/h2-8H2,1H3,(H,15,16,17). The first-order chi connectivity index (χ1) is 9.06. The fourth-order valence-electron chi connectivity index (χ4n) is 1.97. The predicted octanol–water partition coefficient (Wildman–Crippen LogP) is 1.75. The molecule has 0 aromatic carbocycles. The molecule has 9 heteroatoms. The van der Waals surface area contributed by atoms with Crippen LogP contribution in [0.2, 0.25) is 0 Å². The maximum atomic E-state index is 12.8. The summed E-state index contributed by atoms with van der Waals surface area (Å²) in [5, 5.41) is -4.38. The lowest BCUT2D eigenvalue weighted by Gasteiger charge is -2.24. The number of rotatable bonds is 7. The first-order valence-corrected chi connectivity index (χ1v) is 7.64. The molecule has 20 heavy (non-hydrogen) atoms. The molecule has 1 N–H and O–H groups in total. The van der Waals surface area contributed by atoms with Crippen LogP contribution in [0.3, 0.4) is 0 Å². The summed E-state index contributed by atoms with van der Waals surface area (Å²) in [7, 11) is -5.51. The SMILES string of the molecule is CC1(OC(=O)CCOCC(F)(F)S(=O)(=O)O)CCCC1. The van der Waals surface area contributed by atoms with E-state index < -0.39 is 40.2 Å². The zero-order valence-corrected chi connectivity index (χ0v) is 11.9. The minimum Gasteiger partial charge on any atom is -0.459 e. The summed E-state index contributed by atoms with van der Waals surface area (Å²) >= 11 is 0. The summed E-state index contributed by atoms with van der Waals surface area (Å²) in [6.45, 7) is -0.0956. The average Bonchev–Trinajstić information content (AvgIpc) is 2.69. The Balaban J connectivity index is 2.26. The van der Waals surface area contributed by atoms with Gasteiger partial charge in [-0.1, -0.05) is 0 Å². The monoisotopic (exact) mass is 316 g/mol. The van der Waals surface area contributed by atoms with Crippen LogP contribution in [0.15, 0.2) is 0 Å². The fraction of sp³-hybridized carbons (Fsp3) is 0.909. The molecule has 0 aromatic rings. The molecule has 0 aromatic heterocycles. The molecule has 0 saturated heterocycles. The van der Waals surface area contributed by atoms with E-state index in [0.29, 0.717) is 0 Å². The number of halogens is 2. The van der Waals surface area contributed by atoms with E-state index in [1.807, 2.05) is 6.92 Å². The van der Waals surface area contributed by atoms with Crippen LogP contribution in [-0.4, -0.2) is 43.0 Å². The Morgan fingerprint density at radius 1 is 1.35 bits per heavy atom. The third-order valence-electron chi connectivity index (χ3n) is 3.12. The molecule has 0 radical (unpaired) electrons. The summed E-state index contributed by atoms with van der Waals surface area (Å²) in [5.74, 6) is -0.579. The van der Waals surface area contributed by atoms with Gasteiger partial charge in [-0.25, -0.2) is 0 Å². The molecule has 118 valence electrons. The van der Waals surface area contributed by atoms with Gasteiger partial charge in [0, 0.05) is 0 Å². The van der Waals surface area contributed by atoms with Gasteiger partial charge in [0.15, 0.2) is 0 Å². The second kappa shape index (κ2) is 6.31. The van der Waals surface area contributed by atoms with Crippen molar-refractivity contribution in [2.75, 3.05) is 13.2 Å². The Hall–Kier alpha value is -0.800. The smallest absolute Gasteiger partial charge is 0.392 e. The van der Waals surface area contributed by atoms with Gasteiger partial charge in [-0.05, 0) is 32.6 Å². The van der Waals surface area contributed by atoms with Gasteiger partial charge in [0.2, 0.25) is 0 Å². The summed E-state index contributed by atoms with van der Waals surface area (Å²) < 4.78 is 64.0. The highest BCUT2D eigenvalue weighted by molar-refractivity contribution is 7.86. The van der Waals surface area contributed by atoms with Crippen LogP contribution in [-0.2, 0) is 24.4 Å². The Labute approximate surface area is 116 Å². The van der Waals surface area contributed by atoms with E-state index in [4.69, 9.17) is 9.29 Å². The Bertz CT molecular complexity index is 442. The molecule has 0 heterocycles. The molecule has 1 aliphatic carbocycles. The maximum Gasteiger partial charge on any atom is 0.392 e. The first-order valence-electron chi connectivity index (χ1n) is 6.20. The van der Waals surface area contributed by atoms with E-state index in [-0.39, 0.29) is 6.42 Å². The van der Waals surface area contributed by atoms with Crippen molar-refractivity contribution in [3.63, 3.8) is 0 Å². The van der Waals surface area contributed by atoms with E-state index in [9.17, 15) is 22.0 Å². The number of esters is 1. The van der Waals surface area contributed by atoms with Crippen LogP contribution in [0.4, 0.5) is 8.78 Å². The molecule has 0 spiro atoms. The highest BCUT2D eigenvalue weighted by Gasteiger charge is 2.44. The Morgan fingerprint density at radius 3 is 2.40 bits per heavy atom. The van der Waals surface area contributed by atoms with Gasteiger partial charge in [0.1, 0.15) is 12.2 Å². The van der Waals surface area contributed by atoms with E-state index in [0.717, 1.165) is 25.7 Å². The molecular weight excluding hydrogens is 298 g/mol. The van der Waals surface area contributed by atoms with Crippen LogP contribution < -0.4 is 0 Å². The molecule has 0 aliphatic heterocycles. The fourth-order valence-corrected chi connectivity index (χ4v) is 2.20. The highest BCUT2D eigenvalue weighted by atomic mass is 32.2. The lowest BCUT2D eigenvalue weighted by atomic mass is 10.1. The van der Waals surface area contributed by atoms with Crippen molar-refractivity contribution in [2.45, 2.75) is 49.9 Å². The van der Waals surface area contributed by atoms with E-state index >= 15 is 0 Å². The zero-order chi connectivity index (χ0) is 15.4. The molecular formula is C11H18F2O6S. The zero-order valence-electron chi connectivity index (χ0n) is 11.1. The maximum absolute atomic E-state index is 12.8. The molecule has 0 amide bonds. The third-order valence-corrected chi connectivity index (χ3v) is 3.99. The molecule has 6 nitrogen and oxygen atoms in total. The Kier molecular flexibility index (Phi) is 5.45. The molecule has 1 saturated carbocycles. The average molecular weight is 316 g/mol. The van der Waals surface area contributed by atoms with Gasteiger partial charge in [0.25, 0.3) is 0 Å². The van der Waals surface area contributed by atoms with Crippen LogP contribution in [0.25, 0.3) is 0 Å². The molecule has 1 aliphatic rings. The minimum atomic E-state index is -5.51. The summed E-state index contributed by atoms with van der Waals surface area (Å²) in [5.41, 5.74) is -0.505. The van der Waals surface area contributed by atoms with Gasteiger partial charge < -0.3 is 9.47 Å².